The zero-order valence-corrected chi connectivity index (χ0v) is 11.1. The molecule has 0 atom stereocenters. The van der Waals surface area contributed by atoms with Gasteiger partial charge in [0.1, 0.15) is 0 Å². The van der Waals surface area contributed by atoms with E-state index >= 15 is 0 Å². The lowest BCUT2D eigenvalue weighted by molar-refractivity contribution is -0.119. The lowest BCUT2D eigenvalue weighted by atomic mass is 10.1. The van der Waals surface area contributed by atoms with Crippen LogP contribution in [-0.4, -0.2) is 24.6 Å². The van der Waals surface area contributed by atoms with Gasteiger partial charge in [0.25, 0.3) is 0 Å². The summed E-state index contributed by atoms with van der Waals surface area (Å²) in [6.45, 7) is 4.20. The largest absolute Gasteiger partial charge is 0.358 e. The SMILES string of the molecule is CNC(=O)CNC(=S)Nc1cc(C)ccc1C. The second-order valence-electron chi connectivity index (χ2n) is 3.80. The van der Waals surface area contributed by atoms with Crippen molar-refractivity contribution in [1.29, 1.82) is 0 Å². The monoisotopic (exact) mass is 251 g/mol. The van der Waals surface area contributed by atoms with Crippen LogP contribution < -0.4 is 16.0 Å². The lowest BCUT2D eigenvalue weighted by Crippen LogP contribution is -2.37. The van der Waals surface area contributed by atoms with Gasteiger partial charge in [0.15, 0.2) is 5.11 Å². The first-order valence-electron chi connectivity index (χ1n) is 5.35. The molecule has 0 bridgehead atoms. The topological polar surface area (TPSA) is 53.2 Å². The summed E-state index contributed by atoms with van der Waals surface area (Å²) in [5, 5.41) is 8.87. The van der Waals surface area contributed by atoms with E-state index in [0.29, 0.717) is 5.11 Å². The molecule has 1 amide bonds. The standard InChI is InChI=1S/C12H17N3OS/c1-8-4-5-9(2)10(6-8)15-12(17)14-7-11(16)13-3/h4-6H,7H2,1-3H3,(H,13,16)(H2,14,15,17). The molecule has 0 fully saturated rings. The summed E-state index contributed by atoms with van der Waals surface area (Å²) in [6, 6.07) is 6.09. The van der Waals surface area contributed by atoms with Crippen molar-refractivity contribution in [2.45, 2.75) is 13.8 Å². The molecule has 0 radical (unpaired) electrons. The molecular weight excluding hydrogens is 234 g/mol. The maximum Gasteiger partial charge on any atom is 0.239 e. The molecule has 0 saturated carbocycles. The van der Waals surface area contributed by atoms with E-state index in [0.717, 1.165) is 16.8 Å². The summed E-state index contributed by atoms with van der Waals surface area (Å²) in [7, 11) is 1.59. The van der Waals surface area contributed by atoms with Gasteiger partial charge in [-0.1, -0.05) is 12.1 Å². The van der Waals surface area contributed by atoms with E-state index in [1.807, 2.05) is 32.0 Å². The van der Waals surface area contributed by atoms with Gasteiger partial charge < -0.3 is 16.0 Å². The number of benzene rings is 1. The summed E-state index contributed by atoms with van der Waals surface area (Å²) in [5.41, 5.74) is 3.23. The van der Waals surface area contributed by atoms with Crippen LogP contribution in [0.15, 0.2) is 18.2 Å². The molecule has 92 valence electrons. The fraction of sp³-hybridized carbons (Fsp3) is 0.333. The van der Waals surface area contributed by atoms with Crippen molar-refractivity contribution in [2.24, 2.45) is 0 Å². The number of carbonyl (C=O) groups is 1. The normalized spacial score (nSPS) is 9.59. The van der Waals surface area contributed by atoms with Crippen LogP contribution in [0.2, 0.25) is 0 Å². The first kappa shape index (κ1) is 13.4. The highest BCUT2D eigenvalue weighted by molar-refractivity contribution is 7.80. The molecular formula is C12H17N3OS. The Balaban J connectivity index is 2.56. The molecule has 1 aromatic rings. The number of nitrogens with one attached hydrogen (secondary N) is 3. The van der Waals surface area contributed by atoms with Gasteiger partial charge in [-0.25, -0.2) is 0 Å². The molecule has 0 aliphatic heterocycles. The van der Waals surface area contributed by atoms with E-state index in [2.05, 4.69) is 16.0 Å². The minimum atomic E-state index is -0.102. The first-order valence-corrected chi connectivity index (χ1v) is 5.76. The number of amides is 1. The summed E-state index contributed by atoms with van der Waals surface area (Å²) in [6.07, 6.45) is 0. The molecule has 1 aromatic carbocycles. The van der Waals surface area contributed by atoms with Gasteiger partial charge in [-0.15, -0.1) is 0 Å². The summed E-state index contributed by atoms with van der Waals surface area (Å²) >= 11 is 5.10. The fourth-order valence-electron chi connectivity index (χ4n) is 1.29. The van der Waals surface area contributed by atoms with Gasteiger partial charge in [-0.05, 0) is 43.3 Å². The predicted molar refractivity (Wildman–Crippen MR) is 74.2 cm³/mol. The van der Waals surface area contributed by atoms with Crippen LogP contribution >= 0.6 is 12.2 Å². The van der Waals surface area contributed by atoms with Crippen LogP contribution in [0.3, 0.4) is 0 Å². The van der Waals surface area contributed by atoms with Crippen molar-refractivity contribution in [3.05, 3.63) is 29.3 Å². The first-order chi connectivity index (χ1) is 8.02. The molecule has 0 heterocycles. The van der Waals surface area contributed by atoms with Crippen LogP contribution in [0.5, 0.6) is 0 Å². The van der Waals surface area contributed by atoms with E-state index in [9.17, 15) is 4.79 Å². The minimum Gasteiger partial charge on any atom is -0.358 e. The summed E-state index contributed by atoms with van der Waals surface area (Å²) in [4.78, 5) is 11.0. The van der Waals surface area contributed by atoms with Crippen molar-refractivity contribution < 1.29 is 4.79 Å². The van der Waals surface area contributed by atoms with Gasteiger partial charge in [0, 0.05) is 12.7 Å². The second kappa shape index (κ2) is 6.20. The van der Waals surface area contributed by atoms with Crippen molar-refractivity contribution in [2.75, 3.05) is 18.9 Å². The van der Waals surface area contributed by atoms with Crippen LogP contribution in [0.25, 0.3) is 0 Å². The quantitative estimate of drug-likeness (QED) is 0.710. The average molecular weight is 251 g/mol. The highest BCUT2D eigenvalue weighted by Crippen LogP contribution is 2.15. The number of hydrogen-bond donors (Lipinski definition) is 3. The van der Waals surface area contributed by atoms with E-state index < -0.39 is 0 Å². The molecule has 1 rings (SSSR count). The molecule has 0 spiro atoms. The number of carbonyl (C=O) groups excluding carboxylic acids is 1. The molecule has 0 aliphatic rings. The average Bonchev–Trinajstić information content (AvgIpc) is 2.30. The Morgan fingerprint density at radius 1 is 1.35 bits per heavy atom. The van der Waals surface area contributed by atoms with Gasteiger partial charge in [0.2, 0.25) is 5.91 Å². The summed E-state index contributed by atoms with van der Waals surface area (Å²) in [5.74, 6) is -0.102. The molecule has 4 nitrogen and oxygen atoms in total. The van der Waals surface area contributed by atoms with Crippen molar-refractivity contribution in [3.8, 4) is 0 Å². The Bertz CT molecular complexity index is 432. The Labute approximate surface area is 107 Å². The van der Waals surface area contributed by atoms with Gasteiger partial charge in [0.05, 0.1) is 6.54 Å². The smallest absolute Gasteiger partial charge is 0.239 e. The van der Waals surface area contributed by atoms with Crippen molar-refractivity contribution >= 4 is 28.9 Å². The Morgan fingerprint density at radius 3 is 2.71 bits per heavy atom. The zero-order valence-electron chi connectivity index (χ0n) is 10.3. The highest BCUT2D eigenvalue weighted by Gasteiger charge is 2.03. The maximum absolute atomic E-state index is 11.0. The number of rotatable bonds is 3. The third kappa shape index (κ3) is 4.40. The summed E-state index contributed by atoms with van der Waals surface area (Å²) < 4.78 is 0. The zero-order chi connectivity index (χ0) is 12.8. The number of anilines is 1. The fourth-order valence-corrected chi connectivity index (χ4v) is 1.47. The van der Waals surface area contributed by atoms with Crippen LogP contribution in [0, 0.1) is 13.8 Å². The molecule has 5 heteroatoms. The molecule has 0 unspecified atom stereocenters. The Kier molecular flexibility index (Phi) is 4.90. The molecule has 0 aliphatic carbocycles. The predicted octanol–water partition coefficient (Wildman–Crippen LogP) is 1.34. The Hall–Kier alpha value is -1.62. The second-order valence-corrected chi connectivity index (χ2v) is 4.21. The molecule has 17 heavy (non-hydrogen) atoms. The van der Waals surface area contributed by atoms with E-state index in [1.54, 1.807) is 7.05 Å². The van der Waals surface area contributed by atoms with Gasteiger partial charge >= 0.3 is 0 Å². The van der Waals surface area contributed by atoms with Crippen molar-refractivity contribution in [3.63, 3.8) is 0 Å². The molecule has 0 aromatic heterocycles. The maximum atomic E-state index is 11.0. The number of likely N-dealkylation sites (N-methyl/N-ethyl adjacent to an activating group) is 1. The van der Waals surface area contributed by atoms with E-state index in [1.165, 1.54) is 0 Å². The van der Waals surface area contributed by atoms with E-state index in [-0.39, 0.29) is 12.5 Å². The minimum absolute atomic E-state index is 0.102. The van der Waals surface area contributed by atoms with Crippen LogP contribution in [0.4, 0.5) is 5.69 Å². The third-order valence-corrected chi connectivity index (χ3v) is 2.58. The molecule has 0 saturated heterocycles. The number of thiocarbonyl (C=S) groups is 1. The van der Waals surface area contributed by atoms with Crippen molar-refractivity contribution in [1.82, 2.24) is 10.6 Å². The lowest BCUT2D eigenvalue weighted by Gasteiger charge is -2.12. The van der Waals surface area contributed by atoms with Gasteiger partial charge in [-0.2, -0.15) is 0 Å². The number of aryl methyl sites for hydroxylation is 2. The third-order valence-electron chi connectivity index (χ3n) is 2.33. The number of hydrogen-bond acceptors (Lipinski definition) is 2. The Morgan fingerprint density at radius 2 is 2.06 bits per heavy atom. The van der Waals surface area contributed by atoms with E-state index in [4.69, 9.17) is 12.2 Å². The highest BCUT2D eigenvalue weighted by atomic mass is 32.1. The molecule has 3 N–H and O–H groups in total. The van der Waals surface area contributed by atoms with Crippen LogP contribution in [0.1, 0.15) is 11.1 Å². The van der Waals surface area contributed by atoms with Gasteiger partial charge in [-0.3, -0.25) is 4.79 Å². The van der Waals surface area contributed by atoms with Crippen LogP contribution in [-0.2, 0) is 4.79 Å².